The molecule has 0 aromatic heterocycles. The summed E-state index contributed by atoms with van der Waals surface area (Å²) in [5, 5.41) is 0. The van der Waals surface area contributed by atoms with Crippen LogP contribution in [-0.4, -0.2) is 42.0 Å². The van der Waals surface area contributed by atoms with Crippen LogP contribution in [0.3, 0.4) is 0 Å². The first-order chi connectivity index (χ1) is 14.0. The first kappa shape index (κ1) is 20.1. The maximum absolute atomic E-state index is 15.4. The van der Waals surface area contributed by atoms with E-state index in [1.54, 1.807) is 6.08 Å². The monoisotopic (exact) mass is 416 g/mol. The van der Waals surface area contributed by atoms with E-state index in [1.807, 2.05) is 13.0 Å². The molecule has 0 radical (unpaired) electrons. The number of esters is 1. The van der Waals surface area contributed by atoms with E-state index >= 15 is 4.39 Å². The molecule has 1 saturated heterocycles. The van der Waals surface area contributed by atoms with Gasteiger partial charge in [-0.15, -0.1) is 0 Å². The van der Waals surface area contributed by atoms with Crippen molar-refractivity contribution >= 4 is 17.5 Å². The van der Waals surface area contributed by atoms with E-state index in [4.69, 9.17) is 9.47 Å². The summed E-state index contributed by atoms with van der Waals surface area (Å²) in [6.07, 6.45) is 5.52. The van der Waals surface area contributed by atoms with Gasteiger partial charge in [-0.3, -0.25) is 14.4 Å². The molecule has 4 aliphatic carbocycles. The molecule has 5 rings (SSSR count). The Kier molecular flexibility index (Phi) is 4.10. The quantitative estimate of drug-likeness (QED) is 0.521. The van der Waals surface area contributed by atoms with Crippen molar-refractivity contribution in [2.45, 2.75) is 64.8 Å². The number of Topliss-reactive ketones (excluding diaryl/α,β-unsaturated/α-hetero) is 1. The minimum absolute atomic E-state index is 0.00905. The number of carbonyl (C=O) groups excluding carboxylic acids is 3. The molecule has 30 heavy (non-hydrogen) atoms. The third-order valence-electron chi connectivity index (χ3n) is 9.03. The Morgan fingerprint density at radius 3 is 2.70 bits per heavy atom. The number of rotatable bonds is 3. The van der Waals surface area contributed by atoms with Gasteiger partial charge in [-0.1, -0.05) is 19.9 Å². The average molecular weight is 416 g/mol. The van der Waals surface area contributed by atoms with Crippen LogP contribution >= 0.6 is 0 Å². The molecule has 1 aliphatic heterocycles. The highest BCUT2D eigenvalue weighted by atomic mass is 19.1. The first-order valence-corrected chi connectivity index (χ1v) is 11.0. The third kappa shape index (κ3) is 2.34. The molecule has 0 amide bonds. The molecule has 1 spiro atoms. The van der Waals surface area contributed by atoms with Crippen molar-refractivity contribution in [3.63, 3.8) is 0 Å². The maximum atomic E-state index is 15.4. The van der Waals surface area contributed by atoms with E-state index in [1.165, 1.54) is 13.0 Å². The van der Waals surface area contributed by atoms with Crippen molar-refractivity contribution in [3.05, 3.63) is 23.8 Å². The normalized spacial score (nSPS) is 50.6. The summed E-state index contributed by atoms with van der Waals surface area (Å²) in [6.45, 7) is 7.34. The lowest BCUT2D eigenvalue weighted by Crippen LogP contribution is -2.59. The van der Waals surface area contributed by atoms with Gasteiger partial charge in [0.2, 0.25) is 0 Å². The van der Waals surface area contributed by atoms with Crippen molar-refractivity contribution in [1.29, 1.82) is 0 Å². The molecule has 162 valence electrons. The van der Waals surface area contributed by atoms with Crippen LogP contribution in [0.2, 0.25) is 0 Å². The highest BCUT2D eigenvalue weighted by Gasteiger charge is 2.80. The molecule has 0 bridgehead atoms. The topological polar surface area (TPSA) is 73.0 Å². The zero-order valence-corrected chi connectivity index (χ0v) is 17.9. The predicted octanol–water partition coefficient (Wildman–Crippen LogP) is 3.37. The van der Waals surface area contributed by atoms with E-state index in [9.17, 15) is 14.4 Å². The van der Waals surface area contributed by atoms with Crippen molar-refractivity contribution in [1.82, 2.24) is 0 Å². The lowest BCUT2D eigenvalue weighted by molar-refractivity contribution is -0.149. The van der Waals surface area contributed by atoms with E-state index in [0.29, 0.717) is 12.0 Å². The van der Waals surface area contributed by atoms with Gasteiger partial charge in [0.25, 0.3) is 0 Å². The highest BCUT2D eigenvalue weighted by molar-refractivity contribution is 6.01. The Morgan fingerprint density at radius 2 is 2.00 bits per heavy atom. The fourth-order valence-corrected chi connectivity index (χ4v) is 7.95. The molecule has 1 heterocycles. The number of fused-ring (bicyclic) bond motifs is 3. The van der Waals surface area contributed by atoms with Crippen LogP contribution in [0.15, 0.2) is 23.8 Å². The minimum atomic E-state index is -1.18. The highest BCUT2D eigenvalue weighted by Crippen LogP contribution is 2.76. The molecule has 0 N–H and O–H groups in total. The summed E-state index contributed by atoms with van der Waals surface area (Å²) in [7, 11) is 0. The summed E-state index contributed by atoms with van der Waals surface area (Å²) < 4.78 is 26.8. The van der Waals surface area contributed by atoms with Crippen LogP contribution in [0.25, 0.3) is 0 Å². The molecular weight excluding hydrogens is 387 g/mol. The minimum Gasteiger partial charge on any atom is -0.458 e. The molecule has 3 unspecified atom stereocenters. The molecule has 0 aromatic carbocycles. The van der Waals surface area contributed by atoms with Gasteiger partial charge in [-0.05, 0) is 67.1 Å². The number of ketones is 2. The Hall–Kier alpha value is -1.82. The van der Waals surface area contributed by atoms with Gasteiger partial charge >= 0.3 is 5.97 Å². The molecule has 5 nitrogen and oxygen atoms in total. The van der Waals surface area contributed by atoms with Gasteiger partial charge in [0.1, 0.15) is 18.4 Å². The molecule has 4 fully saturated rings. The van der Waals surface area contributed by atoms with Crippen molar-refractivity contribution in [3.8, 4) is 0 Å². The summed E-state index contributed by atoms with van der Waals surface area (Å²) in [5.41, 5.74) is -0.877. The smallest absolute Gasteiger partial charge is 0.303 e. The zero-order chi connectivity index (χ0) is 21.6. The Morgan fingerprint density at radius 1 is 1.27 bits per heavy atom. The van der Waals surface area contributed by atoms with Crippen LogP contribution < -0.4 is 0 Å². The lowest BCUT2D eigenvalue weighted by Gasteiger charge is -2.55. The maximum Gasteiger partial charge on any atom is 0.303 e. The van der Waals surface area contributed by atoms with Crippen molar-refractivity contribution in [2.24, 2.45) is 34.5 Å². The number of epoxide rings is 1. The van der Waals surface area contributed by atoms with E-state index < -0.39 is 23.2 Å². The Balaban J connectivity index is 1.51. The fourth-order valence-electron chi connectivity index (χ4n) is 7.95. The lowest BCUT2D eigenvalue weighted by atomic mass is 9.47. The van der Waals surface area contributed by atoms with Gasteiger partial charge in [-0.25, -0.2) is 4.39 Å². The van der Waals surface area contributed by atoms with Crippen LogP contribution in [0, 0.1) is 34.5 Å². The Bertz CT molecular complexity index is 907. The second-order valence-corrected chi connectivity index (χ2v) is 10.5. The molecular formula is C24H29FO5. The molecule has 6 heteroatoms. The average Bonchev–Trinajstić information content (AvgIpc) is 3.31. The molecule has 3 saturated carbocycles. The summed E-state index contributed by atoms with van der Waals surface area (Å²) in [4.78, 5) is 36.2. The number of hydrogen-bond donors (Lipinski definition) is 0. The molecule has 0 aromatic rings. The van der Waals surface area contributed by atoms with E-state index in [0.717, 1.165) is 12.8 Å². The van der Waals surface area contributed by atoms with Crippen LogP contribution in [0.1, 0.15) is 47.0 Å². The number of alkyl halides is 1. The zero-order valence-electron chi connectivity index (χ0n) is 17.9. The second kappa shape index (κ2) is 6.12. The third-order valence-corrected chi connectivity index (χ3v) is 9.03. The van der Waals surface area contributed by atoms with E-state index in [-0.39, 0.29) is 53.4 Å². The summed E-state index contributed by atoms with van der Waals surface area (Å²) in [6, 6.07) is 0. The van der Waals surface area contributed by atoms with Gasteiger partial charge in [0, 0.05) is 18.3 Å². The van der Waals surface area contributed by atoms with Gasteiger partial charge < -0.3 is 9.47 Å². The number of allylic oxidation sites excluding steroid dienone is 2. The molecule has 5 aliphatic rings. The fraction of sp³-hybridized carbons (Fsp3) is 0.708. The van der Waals surface area contributed by atoms with E-state index in [2.05, 4.69) is 13.8 Å². The van der Waals surface area contributed by atoms with Crippen molar-refractivity contribution < 1.29 is 28.2 Å². The van der Waals surface area contributed by atoms with Crippen LogP contribution in [0.5, 0.6) is 0 Å². The van der Waals surface area contributed by atoms with Crippen LogP contribution in [-0.2, 0) is 23.9 Å². The first-order valence-electron chi connectivity index (χ1n) is 11.0. The largest absolute Gasteiger partial charge is 0.458 e. The standard InChI is InChI=1S/C24H29FO5/c1-12-7-15-16-9-18(25)17-8-14(27)5-6-23(17,4)24(16)20(30-24)10-22(15,3)21(12)19(28)11-29-13(2)26/h5-6,8,12,15-16,18,20-21H,7,9-11H2,1-4H3/t12?,15-,16-,18?,20?,21+,22-,23-,24-/m0/s1. The van der Waals surface area contributed by atoms with Crippen LogP contribution in [0.4, 0.5) is 4.39 Å². The number of carbonyl (C=O) groups is 3. The van der Waals surface area contributed by atoms with Gasteiger partial charge in [-0.2, -0.15) is 0 Å². The Labute approximate surface area is 176 Å². The number of halogens is 1. The predicted molar refractivity (Wildman–Crippen MR) is 106 cm³/mol. The summed E-state index contributed by atoms with van der Waals surface area (Å²) >= 11 is 0. The summed E-state index contributed by atoms with van der Waals surface area (Å²) in [5.74, 6) is -0.603. The number of hydrogen-bond acceptors (Lipinski definition) is 5. The van der Waals surface area contributed by atoms with Gasteiger partial charge in [0.05, 0.1) is 6.10 Å². The van der Waals surface area contributed by atoms with Crippen molar-refractivity contribution in [2.75, 3.05) is 6.61 Å². The van der Waals surface area contributed by atoms with Gasteiger partial charge in [0.15, 0.2) is 11.6 Å². The number of ether oxygens (including phenoxy) is 2. The second-order valence-electron chi connectivity index (χ2n) is 10.5. The SMILES string of the molecule is CC(=O)OCC(=O)[C@H]1C(C)C[C@H]2[C@@H]3CC(F)C4=CC(=O)C=C[C@]4(C)[C@]34OC4C[C@]12C. The molecule has 9 atom stereocenters.